The molecule has 0 aromatic heterocycles. The molecule has 1 aromatic carbocycles. The second-order valence-electron chi connectivity index (χ2n) is 2.71. The van der Waals surface area contributed by atoms with Gasteiger partial charge in [0.1, 0.15) is 5.75 Å². The van der Waals surface area contributed by atoms with Gasteiger partial charge in [0.2, 0.25) is 0 Å². The highest BCUT2D eigenvalue weighted by Crippen LogP contribution is 2.30. The number of rotatable bonds is 3. The summed E-state index contributed by atoms with van der Waals surface area (Å²) in [6.07, 6.45) is 2.01. The molecule has 1 atom stereocenters. The molecule has 0 heterocycles. The fourth-order valence-electron chi connectivity index (χ4n) is 1.22. The Kier molecular flexibility index (Phi) is 4.04. The van der Waals surface area contributed by atoms with Crippen LogP contribution in [0.5, 0.6) is 5.75 Å². The van der Waals surface area contributed by atoms with Gasteiger partial charge in [0, 0.05) is 10.5 Å². The molecule has 4 heteroatoms. The molecule has 1 N–H and O–H groups in total. The van der Waals surface area contributed by atoms with Crippen molar-refractivity contribution in [3.8, 4) is 5.75 Å². The normalized spacial score (nSPS) is 10.2. The summed E-state index contributed by atoms with van der Waals surface area (Å²) in [5, 5.41) is 9.10. The Morgan fingerprint density at radius 1 is 1.54 bits per heavy atom. The summed E-state index contributed by atoms with van der Waals surface area (Å²) >= 11 is 1.66. The van der Waals surface area contributed by atoms with E-state index in [0.717, 1.165) is 21.8 Å². The molecule has 1 rings (SSSR count). The van der Waals surface area contributed by atoms with Crippen LogP contribution in [-0.2, 0) is 6.61 Å². The third-order valence-corrected chi connectivity index (χ3v) is 2.79. The van der Waals surface area contributed by atoms with Gasteiger partial charge in [0.15, 0.2) is 0 Å². The van der Waals surface area contributed by atoms with Gasteiger partial charge < -0.3 is 9.63 Å². The Morgan fingerprint density at radius 2 is 2.23 bits per heavy atom. The quantitative estimate of drug-likeness (QED) is 0.621. The van der Waals surface area contributed by atoms with Crippen molar-refractivity contribution in [2.45, 2.75) is 18.4 Å². The van der Waals surface area contributed by atoms with Crippen molar-refractivity contribution in [1.29, 1.82) is 0 Å². The summed E-state index contributed by atoms with van der Waals surface area (Å²) < 4.78 is 5.11. The monoisotopic (exact) mass is 216 g/mol. The summed E-state index contributed by atoms with van der Waals surface area (Å²) in [6, 6.07) is 3.99. The molecular weight excluding hydrogens is 203 g/mol. The van der Waals surface area contributed by atoms with E-state index in [9.17, 15) is 0 Å². The zero-order valence-electron chi connectivity index (χ0n) is 7.70. The average molecular weight is 216 g/mol. The Balaban J connectivity index is 3.20. The van der Waals surface area contributed by atoms with Crippen molar-refractivity contribution in [3.05, 3.63) is 23.3 Å². The second-order valence-corrected chi connectivity index (χ2v) is 3.82. The Bertz CT molecular complexity index is 302. The molecule has 0 amide bonds. The minimum atomic E-state index is 0.0129. The molecule has 0 saturated carbocycles. The van der Waals surface area contributed by atoms with Crippen LogP contribution in [0.2, 0.25) is 0 Å². The van der Waals surface area contributed by atoms with E-state index in [0.29, 0.717) is 0 Å². The van der Waals surface area contributed by atoms with Crippen LogP contribution < -0.4 is 4.52 Å². The highest BCUT2D eigenvalue weighted by molar-refractivity contribution is 7.98. The first kappa shape index (κ1) is 10.8. The van der Waals surface area contributed by atoms with Crippen LogP contribution >= 0.6 is 21.2 Å². The van der Waals surface area contributed by atoms with Gasteiger partial charge in [-0.3, -0.25) is 0 Å². The van der Waals surface area contributed by atoms with Crippen molar-refractivity contribution in [2.75, 3.05) is 6.26 Å². The summed E-state index contributed by atoms with van der Waals surface area (Å²) in [7, 11) is 2.20. The average Bonchev–Trinajstić information content (AvgIpc) is 2.16. The van der Waals surface area contributed by atoms with Gasteiger partial charge in [-0.15, -0.1) is 11.8 Å². The molecule has 0 fully saturated rings. The molecular formula is C9H13O2PS. The number of benzene rings is 1. The highest BCUT2D eigenvalue weighted by atomic mass is 32.2. The van der Waals surface area contributed by atoms with Gasteiger partial charge in [0.25, 0.3) is 0 Å². The minimum absolute atomic E-state index is 0.0129. The Hall–Kier alpha value is -0.240. The van der Waals surface area contributed by atoms with Crippen LogP contribution in [0.1, 0.15) is 11.1 Å². The van der Waals surface area contributed by atoms with E-state index in [2.05, 4.69) is 9.47 Å². The van der Waals surface area contributed by atoms with Crippen molar-refractivity contribution >= 4 is 21.2 Å². The Labute approximate surface area is 85.0 Å². The maximum Gasteiger partial charge on any atom is 0.130 e. The molecule has 1 aromatic rings. The lowest BCUT2D eigenvalue weighted by Crippen LogP contribution is -1.91. The number of thioether (sulfide) groups is 1. The van der Waals surface area contributed by atoms with E-state index in [1.54, 1.807) is 11.8 Å². The van der Waals surface area contributed by atoms with Gasteiger partial charge in [-0.25, -0.2) is 0 Å². The maximum atomic E-state index is 9.10. The molecule has 0 saturated heterocycles. The molecule has 0 aliphatic rings. The predicted octanol–water partition coefficient (Wildman–Crippen LogP) is 2.38. The van der Waals surface area contributed by atoms with Crippen molar-refractivity contribution in [3.63, 3.8) is 0 Å². The van der Waals surface area contributed by atoms with E-state index in [1.807, 2.05) is 25.3 Å². The number of hydrogen-bond donors (Lipinski definition) is 1. The van der Waals surface area contributed by atoms with Crippen LogP contribution in [0, 0.1) is 6.92 Å². The second kappa shape index (κ2) is 4.85. The molecule has 0 aliphatic carbocycles. The third kappa shape index (κ3) is 2.37. The third-order valence-electron chi connectivity index (χ3n) is 1.85. The first-order valence-electron chi connectivity index (χ1n) is 3.88. The highest BCUT2D eigenvalue weighted by Gasteiger charge is 2.07. The van der Waals surface area contributed by atoms with Gasteiger partial charge >= 0.3 is 0 Å². The number of aryl methyl sites for hydroxylation is 1. The van der Waals surface area contributed by atoms with E-state index >= 15 is 0 Å². The standard InChI is InChI=1S/C9H13O2PS/c1-6-3-8(13-2)4-7(5-10)9(6)11-12/h3-4,10H,5,12H2,1-2H3. The minimum Gasteiger partial charge on any atom is -0.480 e. The van der Waals surface area contributed by atoms with Crippen molar-refractivity contribution in [1.82, 2.24) is 0 Å². The van der Waals surface area contributed by atoms with E-state index in [1.165, 1.54) is 0 Å². The predicted molar refractivity (Wildman–Crippen MR) is 59.2 cm³/mol. The van der Waals surface area contributed by atoms with Crippen LogP contribution in [0.3, 0.4) is 0 Å². The van der Waals surface area contributed by atoms with Crippen LogP contribution in [-0.4, -0.2) is 11.4 Å². The zero-order valence-corrected chi connectivity index (χ0v) is 9.67. The summed E-state index contributed by atoms with van der Waals surface area (Å²) in [5.41, 5.74) is 1.88. The van der Waals surface area contributed by atoms with Crippen molar-refractivity contribution < 1.29 is 9.63 Å². The molecule has 0 aliphatic heterocycles. The molecule has 0 radical (unpaired) electrons. The van der Waals surface area contributed by atoms with Crippen LogP contribution in [0.15, 0.2) is 17.0 Å². The molecule has 0 bridgehead atoms. The SMILES string of the molecule is CSc1cc(C)c(OP)c(CO)c1. The van der Waals surface area contributed by atoms with Gasteiger partial charge in [-0.1, -0.05) is 0 Å². The van der Waals surface area contributed by atoms with Crippen molar-refractivity contribution in [2.24, 2.45) is 0 Å². The molecule has 0 spiro atoms. The number of aliphatic hydroxyl groups excluding tert-OH is 1. The molecule has 13 heavy (non-hydrogen) atoms. The number of hydrogen-bond acceptors (Lipinski definition) is 3. The summed E-state index contributed by atoms with van der Waals surface area (Å²) in [4.78, 5) is 1.15. The van der Waals surface area contributed by atoms with E-state index < -0.39 is 0 Å². The lowest BCUT2D eigenvalue weighted by Gasteiger charge is -2.10. The molecule has 1 unspecified atom stereocenters. The van der Waals surface area contributed by atoms with Gasteiger partial charge in [-0.05, 0) is 30.9 Å². The lowest BCUT2D eigenvalue weighted by molar-refractivity contribution is 0.278. The Morgan fingerprint density at radius 3 is 2.69 bits per heavy atom. The van der Waals surface area contributed by atoms with Crippen LogP contribution in [0.25, 0.3) is 0 Å². The van der Waals surface area contributed by atoms with Gasteiger partial charge in [0.05, 0.1) is 16.1 Å². The largest absolute Gasteiger partial charge is 0.480 e. The zero-order chi connectivity index (χ0) is 9.84. The maximum absolute atomic E-state index is 9.10. The van der Waals surface area contributed by atoms with Crippen LogP contribution in [0.4, 0.5) is 0 Å². The first-order valence-corrected chi connectivity index (χ1v) is 5.57. The lowest BCUT2D eigenvalue weighted by atomic mass is 10.1. The van der Waals surface area contributed by atoms with E-state index in [4.69, 9.17) is 9.63 Å². The first-order chi connectivity index (χ1) is 6.22. The van der Waals surface area contributed by atoms with E-state index in [-0.39, 0.29) is 6.61 Å². The van der Waals surface area contributed by atoms with Gasteiger partial charge in [-0.2, -0.15) is 0 Å². The topological polar surface area (TPSA) is 29.5 Å². The fourth-order valence-corrected chi connectivity index (χ4v) is 2.11. The fraction of sp³-hybridized carbons (Fsp3) is 0.333. The summed E-state index contributed by atoms with van der Waals surface area (Å²) in [5.74, 6) is 0.755. The molecule has 72 valence electrons. The number of aliphatic hydroxyl groups is 1. The smallest absolute Gasteiger partial charge is 0.130 e. The summed E-state index contributed by atoms with van der Waals surface area (Å²) in [6.45, 7) is 1.98. The molecule has 2 nitrogen and oxygen atoms in total.